The highest BCUT2D eigenvalue weighted by Gasteiger charge is 2.48. The van der Waals surface area contributed by atoms with Crippen molar-refractivity contribution in [1.29, 1.82) is 0 Å². The highest BCUT2D eigenvalue weighted by atomic mass is 32.1. The van der Waals surface area contributed by atoms with Crippen LogP contribution in [0.1, 0.15) is 78.1 Å². The molecule has 3 aromatic rings. The number of aryl methyl sites for hydroxylation is 1. The fourth-order valence-electron chi connectivity index (χ4n) is 5.20. The molecule has 2 aliphatic heterocycles. The van der Waals surface area contributed by atoms with Gasteiger partial charge >= 0.3 is 5.91 Å². The van der Waals surface area contributed by atoms with Gasteiger partial charge in [-0.1, -0.05) is 43.2 Å². The summed E-state index contributed by atoms with van der Waals surface area (Å²) in [6.45, 7) is 7.76. The monoisotopic (exact) mass is 560 g/mol. The van der Waals surface area contributed by atoms with E-state index in [1.807, 2.05) is 13.0 Å². The lowest BCUT2D eigenvalue weighted by Gasteiger charge is -2.23. The number of aromatic nitrogens is 1. The molecular formula is C31H32N2O6S. The number of aliphatic hydroxyl groups excluding tert-OH is 1. The largest absolute Gasteiger partial charge is 0.507 e. The number of aliphatic hydroxyl groups is 1. The first-order valence-electron chi connectivity index (χ1n) is 13.5. The van der Waals surface area contributed by atoms with Crippen LogP contribution in [0.5, 0.6) is 11.5 Å². The first-order chi connectivity index (χ1) is 19.2. The summed E-state index contributed by atoms with van der Waals surface area (Å²) in [4.78, 5) is 45.5. The third kappa shape index (κ3) is 5.13. The molecule has 0 saturated carbocycles. The fraction of sp³-hybridized carbons (Fsp3) is 0.355. The predicted octanol–water partition coefficient (Wildman–Crippen LogP) is 6.17. The summed E-state index contributed by atoms with van der Waals surface area (Å²) >= 11 is 1.06. The van der Waals surface area contributed by atoms with Crippen molar-refractivity contribution in [3.63, 3.8) is 0 Å². The molecule has 0 unspecified atom stereocenters. The smallest absolute Gasteiger partial charge is 0.301 e. The first kappa shape index (κ1) is 27.6. The van der Waals surface area contributed by atoms with Gasteiger partial charge in [-0.05, 0) is 61.7 Å². The molecule has 9 heteroatoms. The number of carbonyl (C=O) groups excluding carboxylic acids is 3. The molecule has 5 rings (SSSR count). The van der Waals surface area contributed by atoms with E-state index >= 15 is 0 Å². The Bertz CT molecular complexity index is 1520. The molecule has 1 fully saturated rings. The van der Waals surface area contributed by atoms with E-state index in [0.717, 1.165) is 41.9 Å². The number of hydrogen-bond acceptors (Lipinski definition) is 8. The van der Waals surface area contributed by atoms with Gasteiger partial charge in [0.05, 0.1) is 28.8 Å². The summed E-state index contributed by atoms with van der Waals surface area (Å²) < 4.78 is 11.7. The zero-order valence-electron chi connectivity index (χ0n) is 23.0. The van der Waals surface area contributed by atoms with Gasteiger partial charge in [0.25, 0.3) is 5.78 Å². The number of hydrogen-bond donors (Lipinski definition) is 1. The van der Waals surface area contributed by atoms with Crippen LogP contribution >= 0.6 is 11.3 Å². The second-order valence-electron chi connectivity index (χ2n) is 10.2. The third-order valence-corrected chi connectivity index (χ3v) is 8.37. The molecule has 3 heterocycles. The Hall–Kier alpha value is -3.98. The minimum Gasteiger partial charge on any atom is -0.507 e. The quantitative estimate of drug-likeness (QED) is 0.110. The van der Waals surface area contributed by atoms with Gasteiger partial charge in [0.15, 0.2) is 10.9 Å². The number of benzene rings is 2. The minimum absolute atomic E-state index is 0.0154. The molecule has 8 nitrogen and oxygen atoms in total. The van der Waals surface area contributed by atoms with Crippen LogP contribution in [0.15, 0.2) is 48.0 Å². The lowest BCUT2D eigenvalue weighted by molar-refractivity contribution is -0.132. The Morgan fingerprint density at radius 2 is 2.00 bits per heavy atom. The van der Waals surface area contributed by atoms with Crippen molar-refractivity contribution in [2.75, 3.05) is 11.5 Å². The standard InChI is InChI=1S/C31H32N2O6S/c1-5-6-7-13-38-23-10-8-9-20(16-23)26-25(27(35)21-11-12-24-22(15-21)14-17(2)39-24)28(36)30(37)33(26)31-32-18(3)29(40-31)19(4)34/h8-12,15-17,26,35H,5-7,13-14H2,1-4H3/b27-25+/t17-,26-/m0/s1. The van der Waals surface area contributed by atoms with Gasteiger partial charge in [-0.15, -0.1) is 0 Å². The molecule has 0 spiro atoms. The summed E-state index contributed by atoms with van der Waals surface area (Å²) in [5, 5.41) is 11.8. The number of rotatable bonds is 9. The van der Waals surface area contributed by atoms with E-state index in [0.29, 0.717) is 40.5 Å². The lowest BCUT2D eigenvalue weighted by Crippen LogP contribution is -2.29. The van der Waals surface area contributed by atoms with Gasteiger partial charge in [0, 0.05) is 18.9 Å². The van der Waals surface area contributed by atoms with Crippen LogP contribution in [0.3, 0.4) is 0 Å². The number of anilines is 1. The van der Waals surface area contributed by atoms with Crippen LogP contribution in [-0.4, -0.2) is 40.3 Å². The number of nitrogens with zero attached hydrogens (tertiary/aromatic N) is 2. The maximum absolute atomic E-state index is 13.6. The fourth-order valence-corrected chi connectivity index (χ4v) is 6.19. The van der Waals surface area contributed by atoms with E-state index in [9.17, 15) is 19.5 Å². The van der Waals surface area contributed by atoms with Crippen molar-refractivity contribution < 1.29 is 29.0 Å². The van der Waals surface area contributed by atoms with Crippen LogP contribution in [0.25, 0.3) is 5.76 Å². The second-order valence-corrected chi connectivity index (χ2v) is 11.2. The molecule has 208 valence electrons. The third-order valence-electron chi connectivity index (χ3n) is 7.12. The molecule has 1 amide bonds. The Morgan fingerprint density at radius 3 is 2.73 bits per heavy atom. The normalized spacial score (nSPS) is 19.6. The number of carbonyl (C=O) groups is 3. The summed E-state index contributed by atoms with van der Waals surface area (Å²) in [5.41, 5.74) is 2.37. The Morgan fingerprint density at radius 1 is 1.20 bits per heavy atom. The van der Waals surface area contributed by atoms with Crippen molar-refractivity contribution >= 4 is 39.7 Å². The van der Waals surface area contributed by atoms with E-state index < -0.39 is 17.7 Å². The average Bonchev–Trinajstić information content (AvgIpc) is 3.58. The number of ether oxygens (including phenoxy) is 2. The predicted molar refractivity (Wildman–Crippen MR) is 153 cm³/mol. The summed E-state index contributed by atoms with van der Waals surface area (Å²) in [6.07, 6.45) is 3.72. The van der Waals surface area contributed by atoms with Crippen LogP contribution in [-0.2, 0) is 16.0 Å². The maximum atomic E-state index is 13.6. The first-order valence-corrected chi connectivity index (χ1v) is 14.3. The highest BCUT2D eigenvalue weighted by Crippen LogP contribution is 2.45. The maximum Gasteiger partial charge on any atom is 0.301 e. The molecule has 2 atom stereocenters. The molecule has 0 bridgehead atoms. The number of amides is 1. The van der Waals surface area contributed by atoms with Gasteiger partial charge in [-0.3, -0.25) is 19.3 Å². The Balaban J connectivity index is 1.63. The van der Waals surface area contributed by atoms with Gasteiger partial charge < -0.3 is 14.6 Å². The number of Topliss-reactive ketones (excluding diaryl/α,β-unsaturated/α-hetero) is 2. The van der Waals surface area contributed by atoms with Gasteiger partial charge in [0.2, 0.25) is 0 Å². The molecule has 40 heavy (non-hydrogen) atoms. The molecule has 1 saturated heterocycles. The Kier molecular flexibility index (Phi) is 7.76. The number of unbranched alkanes of at least 4 members (excludes halogenated alkanes) is 2. The summed E-state index contributed by atoms with van der Waals surface area (Å²) in [6, 6.07) is 11.5. The summed E-state index contributed by atoms with van der Waals surface area (Å²) in [7, 11) is 0. The minimum atomic E-state index is -0.965. The van der Waals surface area contributed by atoms with E-state index in [2.05, 4.69) is 11.9 Å². The van der Waals surface area contributed by atoms with Crippen molar-refractivity contribution in [3.8, 4) is 11.5 Å². The second kappa shape index (κ2) is 11.3. The van der Waals surface area contributed by atoms with Crippen molar-refractivity contribution in [2.45, 2.75) is 65.5 Å². The molecule has 2 aromatic carbocycles. The molecule has 1 N–H and O–H groups in total. The van der Waals surface area contributed by atoms with E-state index in [-0.39, 0.29) is 28.4 Å². The molecule has 0 radical (unpaired) electrons. The Labute approximate surface area is 237 Å². The number of fused-ring (bicyclic) bond motifs is 1. The number of ketones is 2. The van der Waals surface area contributed by atoms with Crippen LogP contribution in [0.4, 0.5) is 5.13 Å². The van der Waals surface area contributed by atoms with Crippen molar-refractivity contribution in [3.05, 3.63) is 75.3 Å². The topological polar surface area (TPSA) is 106 Å². The van der Waals surface area contributed by atoms with Crippen LogP contribution in [0, 0.1) is 6.92 Å². The lowest BCUT2D eigenvalue weighted by atomic mass is 9.94. The van der Waals surface area contributed by atoms with E-state index in [1.54, 1.807) is 43.3 Å². The zero-order chi connectivity index (χ0) is 28.6. The molecule has 1 aromatic heterocycles. The van der Waals surface area contributed by atoms with Gasteiger partial charge in [-0.2, -0.15) is 0 Å². The average molecular weight is 561 g/mol. The number of thiazole rings is 1. The summed E-state index contributed by atoms with van der Waals surface area (Å²) in [5.74, 6) is -0.748. The van der Waals surface area contributed by atoms with Crippen LogP contribution < -0.4 is 14.4 Å². The van der Waals surface area contributed by atoms with Gasteiger partial charge in [0.1, 0.15) is 23.4 Å². The zero-order valence-corrected chi connectivity index (χ0v) is 23.8. The van der Waals surface area contributed by atoms with E-state index in [1.165, 1.54) is 11.8 Å². The molecular weight excluding hydrogens is 528 g/mol. The molecule has 2 aliphatic rings. The van der Waals surface area contributed by atoms with Crippen molar-refractivity contribution in [1.82, 2.24) is 4.98 Å². The highest BCUT2D eigenvalue weighted by molar-refractivity contribution is 7.18. The van der Waals surface area contributed by atoms with Crippen molar-refractivity contribution in [2.24, 2.45) is 0 Å². The molecule has 0 aliphatic carbocycles. The van der Waals surface area contributed by atoms with Crippen LogP contribution in [0.2, 0.25) is 0 Å². The van der Waals surface area contributed by atoms with E-state index in [4.69, 9.17) is 9.47 Å². The van der Waals surface area contributed by atoms with Gasteiger partial charge in [-0.25, -0.2) is 4.98 Å². The SMILES string of the molecule is CCCCCOc1cccc([C@H]2/C(=C(\O)c3ccc4c(c3)C[C@H](C)O4)C(=O)C(=O)N2c2nc(C)c(C(C)=O)s2)c1.